The van der Waals surface area contributed by atoms with Gasteiger partial charge in [-0.3, -0.25) is 4.79 Å². The van der Waals surface area contributed by atoms with Crippen LogP contribution in [0.25, 0.3) is 0 Å². The summed E-state index contributed by atoms with van der Waals surface area (Å²) < 4.78 is 4.68. The Hall–Kier alpha value is -0.530. The molecule has 0 aromatic carbocycles. The van der Waals surface area contributed by atoms with Crippen molar-refractivity contribution in [2.24, 2.45) is 17.8 Å². The van der Waals surface area contributed by atoms with E-state index in [9.17, 15) is 4.79 Å². The van der Waals surface area contributed by atoms with E-state index < -0.39 is 0 Å². The third-order valence-corrected chi connectivity index (χ3v) is 7.40. The van der Waals surface area contributed by atoms with Gasteiger partial charge in [0.25, 0.3) is 0 Å². The zero-order valence-electron chi connectivity index (χ0n) is 22.9. The van der Waals surface area contributed by atoms with Gasteiger partial charge in [0.05, 0.1) is 7.11 Å². The Morgan fingerprint density at radius 1 is 0.531 bits per heavy atom. The van der Waals surface area contributed by atoms with E-state index in [4.69, 9.17) is 0 Å². The largest absolute Gasteiger partial charge is 0.469 e. The van der Waals surface area contributed by atoms with Gasteiger partial charge in [-0.25, -0.2) is 0 Å². The molecule has 0 spiro atoms. The first-order chi connectivity index (χ1) is 15.5. The van der Waals surface area contributed by atoms with Gasteiger partial charge in [-0.1, -0.05) is 150 Å². The van der Waals surface area contributed by atoms with Crippen LogP contribution in [-0.2, 0) is 9.53 Å². The van der Waals surface area contributed by atoms with Crippen LogP contribution >= 0.6 is 0 Å². The molecule has 0 bridgehead atoms. The average molecular weight is 453 g/mol. The van der Waals surface area contributed by atoms with Gasteiger partial charge in [-0.2, -0.15) is 0 Å². The minimum absolute atomic E-state index is 0.0634. The number of esters is 1. The first-order valence-corrected chi connectivity index (χ1v) is 14.6. The molecule has 0 heterocycles. The molecule has 0 saturated heterocycles. The van der Waals surface area contributed by atoms with E-state index in [-0.39, 0.29) is 5.97 Å². The smallest absolute Gasteiger partial charge is 0.305 e. The summed E-state index contributed by atoms with van der Waals surface area (Å²) in [7, 11) is 1.48. The van der Waals surface area contributed by atoms with E-state index in [2.05, 4.69) is 32.4 Å². The van der Waals surface area contributed by atoms with Crippen LogP contribution in [0.4, 0.5) is 0 Å². The molecule has 0 amide bonds. The van der Waals surface area contributed by atoms with Gasteiger partial charge in [-0.15, -0.1) is 0 Å². The second kappa shape index (κ2) is 23.6. The van der Waals surface area contributed by atoms with Crippen LogP contribution in [0, 0.1) is 17.8 Å². The first kappa shape index (κ1) is 31.5. The van der Waals surface area contributed by atoms with Gasteiger partial charge in [-0.05, 0) is 24.2 Å². The Morgan fingerprint density at radius 3 is 1.28 bits per heavy atom. The summed E-state index contributed by atoms with van der Waals surface area (Å²) in [6, 6.07) is 0. The molecule has 0 aromatic rings. The van der Waals surface area contributed by atoms with Crippen molar-refractivity contribution in [1.82, 2.24) is 0 Å². The number of hydrogen-bond donors (Lipinski definition) is 0. The normalized spacial score (nSPS) is 14.3. The van der Waals surface area contributed by atoms with Crippen molar-refractivity contribution in [2.75, 3.05) is 7.11 Å². The third kappa shape index (κ3) is 22.7. The summed E-state index contributed by atoms with van der Waals surface area (Å²) in [5.41, 5.74) is 0. The summed E-state index contributed by atoms with van der Waals surface area (Å²) >= 11 is 0. The highest BCUT2D eigenvalue weighted by Gasteiger charge is 2.07. The molecule has 2 heteroatoms. The molecule has 0 aliphatic carbocycles. The number of rotatable bonds is 24. The highest BCUT2D eigenvalue weighted by molar-refractivity contribution is 5.68. The molecule has 0 radical (unpaired) electrons. The lowest BCUT2D eigenvalue weighted by atomic mass is 9.91. The standard InChI is InChI=1S/C30H60O2/c1-6-7-15-20-28(3)25-26-29(4)23-18-13-10-12-17-22-27(2)21-16-11-8-9-14-19-24-30(31)32-5/h27-29H,6-26H2,1-5H3. The highest BCUT2D eigenvalue weighted by atomic mass is 16.5. The molecule has 0 saturated carbocycles. The predicted octanol–water partition coefficient (Wildman–Crippen LogP) is 10.3. The number of unbranched alkanes of at least 4 members (excludes halogenated alkanes) is 11. The maximum absolute atomic E-state index is 11.1. The molecule has 0 aliphatic rings. The number of methoxy groups -OCH3 is 1. The Morgan fingerprint density at radius 2 is 0.875 bits per heavy atom. The maximum Gasteiger partial charge on any atom is 0.305 e. The monoisotopic (exact) mass is 452 g/mol. The zero-order valence-corrected chi connectivity index (χ0v) is 22.9. The van der Waals surface area contributed by atoms with Crippen molar-refractivity contribution in [2.45, 2.75) is 163 Å². The molecule has 32 heavy (non-hydrogen) atoms. The van der Waals surface area contributed by atoms with Crippen LogP contribution in [0.1, 0.15) is 163 Å². The zero-order chi connectivity index (χ0) is 23.9. The minimum Gasteiger partial charge on any atom is -0.469 e. The van der Waals surface area contributed by atoms with E-state index in [0.717, 1.165) is 24.2 Å². The van der Waals surface area contributed by atoms with Crippen molar-refractivity contribution in [3.63, 3.8) is 0 Å². The summed E-state index contributed by atoms with van der Waals surface area (Å²) in [4.78, 5) is 11.1. The minimum atomic E-state index is -0.0634. The molecule has 0 rings (SSSR count). The Bertz CT molecular complexity index is 392. The lowest BCUT2D eigenvalue weighted by Crippen LogP contribution is -2.01. The quantitative estimate of drug-likeness (QED) is 0.107. The van der Waals surface area contributed by atoms with Gasteiger partial charge in [0.15, 0.2) is 0 Å². The molecule has 192 valence electrons. The molecular weight excluding hydrogens is 392 g/mol. The summed E-state index contributed by atoms with van der Waals surface area (Å²) in [5.74, 6) is 2.70. The fourth-order valence-electron chi connectivity index (χ4n) is 4.83. The van der Waals surface area contributed by atoms with E-state index in [0.29, 0.717) is 6.42 Å². The van der Waals surface area contributed by atoms with Gasteiger partial charge >= 0.3 is 5.97 Å². The second-order valence-electron chi connectivity index (χ2n) is 11.0. The molecule has 0 aromatic heterocycles. The second-order valence-corrected chi connectivity index (χ2v) is 11.0. The molecule has 0 aliphatic heterocycles. The Balaban J connectivity index is 3.36. The topological polar surface area (TPSA) is 26.3 Å². The van der Waals surface area contributed by atoms with Crippen LogP contribution in [0.5, 0.6) is 0 Å². The number of ether oxygens (including phenoxy) is 1. The van der Waals surface area contributed by atoms with Gasteiger partial charge < -0.3 is 4.74 Å². The fraction of sp³-hybridized carbons (Fsp3) is 0.967. The summed E-state index contributed by atoms with van der Waals surface area (Å²) in [6.45, 7) is 9.68. The fourth-order valence-corrected chi connectivity index (χ4v) is 4.83. The van der Waals surface area contributed by atoms with Crippen molar-refractivity contribution < 1.29 is 9.53 Å². The van der Waals surface area contributed by atoms with E-state index in [1.165, 1.54) is 129 Å². The molecule has 3 atom stereocenters. The third-order valence-electron chi connectivity index (χ3n) is 7.40. The SMILES string of the molecule is CCCCCC(C)CCC(C)CCCCCCCC(C)CCCCCCCCC(=O)OC. The van der Waals surface area contributed by atoms with Crippen molar-refractivity contribution in [3.05, 3.63) is 0 Å². The van der Waals surface area contributed by atoms with Gasteiger partial charge in [0, 0.05) is 6.42 Å². The summed E-state index contributed by atoms with van der Waals surface area (Å²) in [5, 5.41) is 0. The van der Waals surface area contributed by atoms with Crippen molar-refractivity contribution >= 4 is 5.97 Å². The van der Waals surface area contributed by atoms with E-state index in [1.807, 2.05) is 0 Å². The average Bonchev–Trinajstić information content (AvgIpc) is 2.78. The van der Waals surface area contributed by atoms with Crippen molar-refractivity contribution in [1.29, 1.82) is 0 Å². The molecule has 0 N–H and O–H groups in total. The molecule has 2 nitrogen and oxygen atoms in total. The Labute approximate surface area is 203 Å². The molecular formula is C30H60O2. The van der Waals surface area contributed by atoms with Crippen LogP contribution in [0.3, 0.4) is 0 Å². The van der Waals surface area contributed by atoms with Gasteiger partial charge in [0.1, 0.15) is 0 Å². The number of carbonyl (C=O) groups excluding carboxylic acids is 1. The highest BCUT2D eigenvalue weighted by Crippen LogP contribution is 2.22. The van der Waals surface area contributed by atoms with Crippen LogP contribution < -0.4 is 0 Å². The van der Waals surface area contributed by atoms with Crippen LogP contribution in [0.2, 0.25) is 0 Å². The lowest BCUT2D eigenvalue weighted by molar-refractivity contribution is -0.140. The lowest BCUT2D eigenvalue weighted by Gasteiger charge is -2.15. The first-order valence-electron chi connectivity index (χ1n) is 14.6. The van der Waals surface area contributed by atoms with Crippen molar-refractivity contribution in [3.8, 4) is 0 Å². The van der Waals surface area contributed by atoms with Crippen LogP contribution in [-0.4, -0.2) is 13.1 Å². The Kier molecular flexibility index (Phi) is 23.2. The van der Waals surface area contributed by atoms with Gasteiger partial charge in [0.2, 0.25) is 0 Å². The number of carbonyl (C=O) groups is 1. The molecule has 3 unspecified atom stereocenters. The molecule has 0 fully saturated rings. The van der Waals surface area contributed by atoms with E-state index in [1.54, 1.807) is 0 Å². The van der Waals surface area contributed by atoms with Crippen LogP contribution in [0.15, 0.2) is 0 Å². The van der Waals surface area contributed by atoms with E-state index >= 15 is 0 Å². The number of hydrogen-bond acceptors (Lipinski definition) is 2. The maximum atomic E-state index is 11.1. The summed E-state index contributed by atoms with van der Waals surface area (Å²) in [6.07, 6.45) is 28.1. The predicted molar refractivity (Wildman–Crippen MR) is 142 cm³/mol.